The van der Waals surface area contributed by atoms with Gasteiger partial charge in [0.25, 0.3) is 0 Å². The standard InChI is InChI=1S/C27H28N4O4S2/c1-37(34,35)31-25(23(18-9-4-2-5-10-18)19-11-6-3-7-12-19)27(33)30-24(20-15-21(16-28)36-17-20)26(32)22-13-8-14-29-22/h2-7,9-12,15,17,22-25,29,31H,8,13-14H2,1H3,(H,30,33)/t22-,24?,25+/m0/s1. The molecule has 37 heavy (non-hydrogen) atoms. The minimum absolute atomic E-state index is 0.220. The van der Waals surface area contributed by atoms with Crippen molar-refractivity contribution in [2.75, 3.05) is 12.8 Å². The summed E-state index contributed by atoms with van der Waals surface area (Å²) in [5.41, 5.74) is 1.99. The SMILES string of the molecule is CS(=O)(=O)N[C@@H](C(=O)NC(C(=O)[C@@H]1CCCN1)c1csc(C#N)c1)C(c1ccccc1)c1ccccc1. The number of nitrogens with one attached hydrogen (secondary N) is 3. The summed E-state index contributed by atoms with van der Waals surface area (Å²) in [7, 11) is -3.81. The molecule has 1 aliphatic heterocycles. The van der Waals surface area contributed by atoms with Crippen LogP contribution in [-0.4, -0.2) is 45.0 Å². The molecule has 1 aromatic heterocycles. The van der Waals surface area contributed by atoms with E-state index in [0.29, 0.717) is 23.4 Å². The molecule has 1 aliphatic rings. The lowest BCUT2D eigenvalue weighted by Gasteiger charge is -2.29. The molecule has 1 fully saturated rings. The van der Waals surface area contributed by atoms with E-state index in [-0.39, 0.29) is 5.78 Å². The highest BCUT2D eigenvalue weighted by molar-refractivity contribution is 7.88. The minimum Gasteiger partial charge on any atom is -0.341 e. The number of thiophene rings is 1. The van der Waals surface area contributed by atoms with E-state index >= 15 is 0 Å². The molecule has 192 valence electrons. The molecule has 0 aliphatic carbocycles. The van der Waals surface area contributed by atoms with Crippen LogP contribution in [0, 0.1) is 11.3 Å². The number of amides is 1. The number of sulfonamides is 1. The molecule has 0 spiro atoms. The van der Waals surface area contributed by atoms with Crippen LogP contribution in [-0.2, 0) is 19.6 Å². The number of nitriles is 1. The second-order valence-corrected chi connectivity index (χ2v) is 11.7. The molecule has 1 amide bonds. The predicted octanol–water partition coefficient (Wildman–Crippen LogP) is 2.85. The fourth-order valence-electron chi connectivity index (χ4n) is 4.64. The van der Waals surface area contributed by atoms with Gasteiger partial charge in [0.1, 0.15) is 23.0 Å². The van der Waals surface area contributed by atoms with Crippen molar-refractivity contribution >= 4 is 33.1 Å². The molecule has 3 atom stereocenters. The van der Waals surface area contributed by atoms with Gasteiger partial charge in [0.15, 0.2) is 5.78 Å². The van der Waals surface area contributed by atoms with Gasteiger partial charge < -0.3 is 10.6 Å². The third kappa shape index (κ3) is 6.70. The van der Waals surface area contributed by atoms with Crippen LogP contribution in [0.25, 0.3) is 0 Å². The van der Waals surface area contributed by atoms with E-state index in [1.165, 1.54) is 11.3 Å². The molecule has 10 heteroatoms. The summed E-state index contributed by atoms with van der Waals surface area (Å²) in [4.78, 5) is 27.8. The Kier molecular flexibility index (Phi) is 8.51. The number of hydrogen-bond donors (Lipinski definition) is 3. The average molecular weight is 537 g/mol. The number of carbonyl (C=O) groups excluding carboxylic acids is 2. The Morgan fingerprint density at radius 2 is 1.68 bits per heavy atom. The molecule has 3 N–H and O–H groups in total. The summed E-state index contributed by atoms with van der Waals surface area (Å²) >= 11 is 1.19. The van der Waals surface area contributed by atoms with E-state index in [1.807, 2.05) is 60.7 Å². The van der Waals surface area contributed by atoms with E-state index in [1.54, 1.807) is 11.4 Å². The van der Waals surface area contributed by atoms with Crippen LogP contribution in [0.15, 0.2) is 72.1 Å². The number of nitrogens with zero attached hydrogens (tertiary/aromatic N) is 1. The number of Topliss-reactive ketones (excluding diaryl/α,β-unsaturated/α-hetero) is 1. The zero-order valence-electron chi connectivity index (χ0n) is 20.3. The lowest BCUT2D eigenvalue weighted by Crippen LogP contribution is -2.52. The molecule has 2 aromatic carbocycles. The van der Waals surface area contributed by atoms with Crippen molar-refractivity contribution < 1.29 is 18.0 Å². The third-order valence-electron chi connectivity index (χ3n) is 6.31. The molecule has 0 radical (unpaired) electrons. The monoisotopic (exact) mass is 536 g/mol. The average Bonchev–Trinajstić information content (AvgIpc) is 3.60. The van der Waals surface area contributed by atoms with Gasteiger partial charge in [0.05, 0.1) is 12.3 Å². The van der Waals surface area contributed by atoms with Crippen molar-refractivity contribution in [3.8, 4) is 6.07 Å². The first-order valence-electron chi connectivity index (χ1n) is 11.9. The summed E-state index contributed by atoms with van der Waals surface area (Å²) < 4.78 is 27.4. The normalized spacial score (nSPS) is 17.2. The minimum atomic E-state index is -3.81. The maximum atomic E-state index is 13.9. The summed E-state index contributed by atoms with van der Waals surface area (Å²) in [6, 6.07) is 19.3. The smallest absolute Gasteiger partial charge is 0.240 e. The number of rotatable bonds is 10. The van der Waals surface area contributed by atoms with E-state index in [9.17, 15) is 23.3 Å². The molecule has 8 nitrogen and oxygen atoms in total. The van der Waals surface area contributed by atoms with Crippen LogP contribution in [0.1, 0.15) is 46.4 Å². The summed E-state index contributed by atoms with van der Waals surface area (Å²) in [5, 5.41) is 17.0. The Balaban J connectivity index is 1.75. The van der Waals surface area contributed by atoms with E-state index in [0.717, 1.165) is 23.8 Å². The lowest BCUT2D eigenvalue weighted by molar-refractivity contribution is -0.129. The van der Waals surface area contributed by atoms with E-state index in [2.05, 4.69) is 21.4 Å². The Morgan fingerprint density at radius 3 is 2.16 bits per heavy atom. The molecule has 1 saturated heterocycles. The van der Waals surface area contributed by atoms with Crippen molar-refractivity contribution in [2.24, 2.45) is 0 Å². The zero-order valence-corrected chi connectivity index (χ0v) is 21.9. The first-order valence-corrected chi connectivity index (χ1v) is 14.7. The number of hydrogen-bond acceptors (Lipinski definition) is 7. The zero-order chi connectivity index (χ0) is 26.4. The van der Waals surface area contributed by atoms with Gasteiger partial charge in [0.2, 0.25) is 15.9 Å². The molecule has 2 heterocycles. The van der Waals surface area contributed by atoms with Gasteiger partial charge in [-0.25, -0.2) is 13.1 Å². The Bertz CT molecular complexity index is 1340. The van der Waals surface area contributed by atoms with Gasteiger partial charge in [-0.2, -0.15) is 5.26 Å². The predicted molar refractivity (Wildman–Crippen MR) is 142 cm³/mol. The second kappa shape index (κ2) is 11.8. The van der Waals surface area contributed by atoms with Crippen molar-refractivity contribution in [1.29, 1.82) is 5.26 Å². The van der Waals surface area contributed by atoms with Gasteiger partial charge in [-0.3, -0.25) is 9.59 Å². The topological polar surface area (TPSA) is 128 Å². The lowest BCUT2D eigenvalue weighted by atomic mass is 9.84. The van der Waals surface area contributed by atoms with Crippen LogP contribution in [0.3, 0.4) is 0 Å². The highest BCUT2D eigenvalue weighted by Crippen LogP contribution is 2.30. The second-order valence-electron chi connectivity index (χ2n) is 9.02. The van der Waals surface area contributed by atoms with Gasteiger partial charge in [0, 0.05) is 5.92 Å². The molecule has 1 unspecified atom stereocenters. The molecular formula is C27H28N4O4S2. The molecular weight excluding hydrogens is 508 g/mol. The highest BCUT2D eigenvalue weighted by Gasteiger charge is 2.37. The number of carbonyl (C=O) groups is 2. The van der Waals surface area contributed by atoms with Gasteiger partial charge in [-0.15, -0.1) is 11.3 Å². The maximum absolute atomic E-state index is 13.9. The van der Waals surface area contributed by atoms with Gasteiger partial charge >= 0.3 is 0 Å². The summed E-state index contributed by atoms with van der Waals surface area (Å²) in [6.45, 7) is 0.701. The Labute approximate surface area is 220 Å². The fraction of sp³-hybridized carbons (Fsp3) is 0.296. The highest BCUT2D eigenvalue weighted by atomic mass is 32.2. The Morgan fingerprint density at radius 1 is 1.05 bits per heavy atom. The quantitative estimate of drug-likeness (QED) is 0.366. The van der Waals surface area contributed by atoms with Crippen LogP contribution in [0.5, 0.6) is 0 Å². The molecule has 4 rings (SSSR count). The van der Waals surface area contributed by atoms with E-state index in [4.69, 9.17) is 0 Å². The van der Waals surface area contributed by atoms with Gasteiger partial charge in [-0.1, -0.05) is 60.7 Å². The number of ketones is 1. The van der Waals surface area contributed by atoms with Crippen molar-refractivity contribution in [1.82, 2.24) is 15.4 Å². The molecule has 3 aromatic rings. The summed E-state index contributed by atoms with van der Waals surface area (Å²) in [6.07, 6.45) is 2.48. The number of benzene rings is 2. The maximum Gasteiger partial charge on any atom is 0.240 e. The van der Waals surface area contributed by atoms with Crippen molar-refractivity contribution in [2.45, 2.75) is 36.9 Å². The molecule has 0 bridgehead atoms. The molecule has 0 saturated carbocycles. The van der Waals surface area contributed by atoms with Crippen molar-refractivity contribution in [3.05, 3.63) is 93.7 Å². The Hall–Kier alpha value is -3.36. The summed E-state index contributed by atoms with van der Waals surface area (Å²) in [5.74, 6) is -1.51. The third-order valence-corrected chi connectivity index (χ3v) is 7.85. The van der Waals surface area contributed by atoms with Crippen LogP contribution in [0.2, 0.25) is 0 Å². The van der Waals surface area contributed by atoms with E-state index < -0.39 is 40.0 Å². The van der Waals surface area contributed by atoms with Crippen molar-refractivity contribution in [3.63, 3.8) is 0 Å². The first-order chi connectivity index (χ1) is 17.8. The first kappa shape index (κ1) is 26.7. The van der Waals surface area contributed by atoms with Crippen LogP contribution >= 0.6 is 11.3 Å². The van der Waals surface area contributed by atoms with Crippen LogP contribution in [0.4, 0.5) is 0 Å². The van der Waals surface area contributed by atoms with Crippen LogP contribution < -0.4 is 15.4 Å². The largest absolute Gasteiger partial charge is 0.341 e. The fourth-order valence-corrected chi connectivity index (χ4v) is 6.07. The van der Waals surface area contributed by atoms with Gasteiger partial charge in [-0.05, 0) is 47.5 Å².